The van der Waals surface area contributed by atoms with Gasteiger partial charge in [0.15, 0.2) is 0 Å². The summed E-state index contributed by atoms with van der Waals surface area (Å²) in [5, 5.41) is 0.0760. The number of sulfonamides is 1. The summed E-state index contributed by atoms with van der Waals surface area (Å²) in [5.74, 6) is -0.185. The second-order valence-electron chi connectivity index (χ2n) is 4.13. The number of methoxy groups -OCH3 is 1. The smallest absolute Gasteiger partial charge is 0.263 e. The van der Waals surface area contributed by atoms with Crippen LogP contribution in [0.25, 0.3) is 0 Å². The van der Waals surface area contributed by atoms with Crippen molar-refractivity contribution in [3.05, 3.63) is 47.2 Å². The minimum absolute atomic E-state index is 0.00868. The molecule has 0 radical (unpaired) electrons. The van der Waals surface area contributed by atoms with Gasteiger partial charge in [0.1, 0.15) is 16.5 Å². The minimum atomic E-state index is -3.99. The first-order chi connectivity index (χ1) is 9.83. The normalized spacial score (nSPS) is 11.2. The van der Waals surface area contributed by atoms with E-state index >= 15 is 0 Å². The molecule has 0 saturated carbocycles. The highest BCUT2D eigenvalue weighted by Crippen LogP contribution is 2.28. The van der Waals surface area contributed by atoms with Gasteiger partial charge in [-0.2, -0.15) is 0 Å². The number of benzene rings is 2. The van der Waals surface area contributed by atoms with E-state index in [-0.39, 0.29) is 21.3 Å². The summed E-state index contributed by atoms with van der Waals surface area (Å²) in [6.45, 7) is 0. The zero-order valence-corrected chi connectivity index (χ0v) is 12.5. The van der Waals surface area contributed by atoms with Crippen LogP contribution in [0, 0.1) is 5.82 Å². The van der Waals surface area contributed by atoms with E-state index in [1.165, 1.54) is 31.4 Å². The van der Waals surface area contributed by atoms with Crippen LogP contribution < -0.4 is 15.2 Å². The maximum absolute atomic E-state index is 13.2. The highest BCUT2D eigenvalue weighted by atomic mass is 35.5. The summed E-state index contributed by atoms with van der Waals surface area (Å²) in [6.07, 6.45) is 0. The molecule has 0 fully saturated rings. The quantitative estimate of drug-likeness (QED) is 0.845. The maximum atomic E-state index is 13.2. The predicted molar refractivity (Wildman–Crippen MR) is 79.6 cm³/mol. The van der Waals surface area contributed by atoms with Gasteiger partial charge in [-0.1, -0.05) is 11.6 Å². The highest BCUT2D eigenvalue weighted by molar-refractivity contribution is 7.92. The maximum Gasteiger partial charge on any atom is 0.263 e. The van der Waals surface area contributed by atoms with Gasteiger partial charge in [0.2, 0.25) is 0 Å². The molecule has 0 saturated heterocycles. The molecular weight excluding hydrogens is 319 g/mol. The van der Waals surface area contributed by atoms with Crippen LogP contribution >= 0.6 is 11.6 Å². The largest absolute Gasteiger partial charge is 0.497 e. The Labute approximate surface area is 126 Å². The fourth-order valence-electron chi connectivity index (χ4n) is 1.67. The van der Waals surface area contributed by atoms with E-state index in [9.17, 15) is 12.8 Å². The molecule has 0 spiro atoms. The van der Waals surface area contributed by atoms with Crippen LogP contribution in [0.15, 0.2) is 41.3 Å². The van der Waals surface area contributed by atoms with Crippen molar-refractivity contribution in [1.29, 1.82) is 0 Å². The number of hydrogen-bond acceptors (Lipinski definition) is 4. The summed E-state index contributed by atoms with van der Waals surface area (Å²) in [4.78, 5) is -0.149. The standard InChI is InChI=1S/C13H12ClFN2O3S/c1-20-9-3-5-13(11(16)7-9)21(18,19)17-12-6-8(15)2-4-10(12)14/h2-7,17H,16H2,1H3. The molecule has 0 aliphatic carbocycles. The average Bonchev–Trinajstić information content (AvgIpc) is 2.42. The third-order valence-corrected chi connectivity index (χ3v) is 4.45. The summed E-state index contributed by atoms with van der Waals surface area (Å²) in [7, 11) is -2.55. The lowest BCUT2D eigenvalue weighted by molar-refractivity contribution is 0.414. The van der Waals surface area contributed by atoms with Crippen LogP contribution in [0.3, 0.4) is 0 Å². The summed E-state index contributed by atoms with van der Waals surface area (Å²) in [6, 6.07) is 7.50. The van der Waals surface area contributed by atoms with Crippen molar-refractivity contribution in [3.63, 3.8) is 0 Å². The van der Waals surface area contributed by atoms with Gasteiger partial charge in [-0.25, -0.2) is 12.8 Å². The zero-order chi connectivity index (χ0) is 15.6. The molecular formula is C13H12ClFN2O3S. The van der Waals surface area contributed by atoms with Crippen LogP contribution in [0.4, 0.5) is 15.8 Å². The molecule has 2 rings (SSSR count). The zero-order valence-electron chi connectivity index (χ0n) is 10.9. The van der Waals surface area contributed by atoms with Gasteiger partial charge < -0.3 is 10.5 Å². The molecule has 8 heteroatoms. The lowest BCUT2D eigenvalue weighted by atomic mass is 10.3. The lowest BCUT2D eigenvalue weighted by Crippen LogP contribution is -2.15. The van der Waals surface area contributed by atoms with Gasteiger partial charge in [0.25, 0.3) is 10.0 Å². The van der Waals surface area contributed by atoms with Gasteiger partial charge in [-0.05, 0) is 30.3 Å². The fourth-order valence-corrected chi connectivity index (χ4v) is 3.08. The molecule has 0 aliphatic heterocycles. The molecule has 2 aromatic carbocycles. The van der Waals surface area contributed by atoms with Gasteiger partial charge in [0.05, 0.1) is 23.5 Å². The number of nitrogens with two attached hydrogens (primary N) is 1. The van der Waals surface area contributed by atoms with E-state index in [4.69, 9.17) is 22.1 Å². The third-order valence-electron chi connectivity index (χ3n) is 2.68. The Balaban J connectivity index is 2.41. The number of nitrogens with one attached hydrogen (secondary N) is 1. The van der Waals surface area contributed by atoms with Gasteiger partial charge >= 0.3 is 0 Å². The summed E-state index contributed by atoms with van der Waals surface area (Å²) in [5.41, 5.74) is 5.64. The molecule has 3 N–H and O–H groups in total. The number of ether oxygens (including phenoxy) is 1. The molecule has 5 nitrogen and oxygen atoms in total. The SMILES string of the molecule is COc1ccc(S(=O)(=O)Nc2cc(F)ccc2Cl)c(N)c1. The molecule has 0 atom stereocenters. The van der Waals surface area contributed by atoms with E-state index in [0.717, 1.165) is 12.1 Å². The van der Waals surface area contributed by atoms with Crippen molar-refractivity contribution in [2.45, 2.75) is 4.90 Å². The van der Waals surface area contributed by atoms with Crippen molar-refractivity contribution >= 4 is 33.0 Å². The second kappa shape index (κ2) is 5.79. The Morgan fingerprint density at radius 2 is 1.95 bits per heavy atom. The van der Waals surface area contributed by atoms with Crippen LogP contribution in [-0.2, 0) is 10.0 Å². The van der Waals surface area contributed by atoms with Crippen LogP contribution in [0.1, 0.15) is 0 Å². The van der Waals surface area contributed by atoms with Gasteiger partial charge in [0, 0.05) is 6.07 Å². The molecule has 0 aliphatic rings. The highest BCUT2D eigenvalue weighted by Gasteiger charge is 2.19. The molecule has 0 heterocycles. The Morgan fingerprint density at radius 3 is 2.57 bits per heavy atom. The van der Waals surface area contributed by atoms with Crippen LogP contribution in [-0.4, -0.2) is 15.5 Å². The van der Waals surface area contributed by atoms with E-state index in [2.05, 4.69) is 4.72 Å². The molecule has 0 unspecified atom stereocenters. The van der Waals surface area contributed by atoms with E-state index in [1.807, 2.05) is 0 Å². The number of nitrogen functional groups attached to an aromatic ring is 1. The van der Waals surface area contributed by atoms with Crippen molar-refractivity contribution in [3.8, 4) is 5.75 Å². The molecule has 0 aromatic heterocycles. The number of hydrogen-bond donors (Lipinski definition) is 2. The monoisotopic (exact) mass is 330 g/mol. The Morgan fingerprint density at radius 1 is 1.24 bits per heavy atom. The Hall–Kier alpha value is -1.99. The van der Waals surface area contributed by atoms with Crippen molar-refractivity contribution in [2.24, 2.45) is 0 Å². The predicted octanol–water partition coefficient (Wildman–Crippen LogP) is 2.87. The van der Waals surface area contributed by atoms with E-state index in [0.29, 0.717) is 5.75 Å². The van der Waals surface area contributed by atoms with Gasteiger partial charge in [-0.3, -0.25) is 4.72 Å². The van der Waals surface area contributed by atoms with Crippen LogP contribution in [0.2, 0.25) is 5.02 Å². The fraction of sp³-hybridized carbons (Fsp3) is 0.0769. The summed E-state index contributed by atoms with van der Waals surface area (Å²) >= 11 is 5.83. The first kappa shape index (κ1) is 15.4. The molecule has 2 aromatic rings. The minimum Gasteiger partial charge on any atom is -0.497 e. The van der Waals surface area contributed by atoms with Crippen LogP contribution in [0.5, 0.6) is 5.75 Å². The Kier molecular flexibility index (Phi) is 4.24. The van der Waals surface area contributed by atoms with Crippen molar-refractivity contribution in [1.82, 2.24) is 0 Å². The van der Waals surface area contributed by atoms with E-state index in [1.54, 1.807) is 0 Å². The number of anilines is 2. The van der Waals surface area contributed by atoms with Crippen molar-refractivity contribution in [2.75, 3.05) is 17.6 Å². The van der Waals surface area contributed by atoms with E-state index < -0.39 is 15.8 Å². The van der Waals surface area contributed by atoms with Gasteiger partial charge in [-0.15, -0.1) is 0 Å². The first-order valence-corrected chi connectivity index (χ1v) is 7.61. The number of rotatable bonds is 4. The molecule has 112 valence electrons. The topological polar surface area (TPSA) is 81.4 Å². The molecule has 21 heavy (non-hydrogen) atoms. The summed E-state index contributed by atoms with van der Waals surface area (Å²) < 4.78 is 44.9. The third kappa shape index (κ3) is 3.37. The second-order valence-corrected chi connectivity index (χ2v) is 6.19. The molecule has 0 bridgehead atoms. The number of halogens is 2. The lowest BCUT2D eigenvalue weighted by Gasteiger charge is -2.12. The Bertz CT molecular complexity index is 781. The van der Waals surface area contributed by atoms with Crippen molar-refractivity contribution < 1.29 is 17.5 Å². The first-order valence-electron chi connectivity index (χ1n) is 5.75. The molecule has 0 amide bonds. The average molecular weight is 331 g/mol.